The van der Waals surface area contributed by atoms with E-state index in [1.807, 2.05) is 0 Å². The number of carbonyl (C=O) groups excluding carboxylic acids is 11. The number of unbranched alkanes of at least 4 members (excludes halogenated alkanes) is 1. The van der Waals surface area contributed by atoms with Crippen LogP contribution in [0, 0.1) is 5.92 Å². The number of hydrogen-bond donors (Lipinski definition) is 14. The van der Waals surface area contributed by atoms with E-state index < -0.39 is 133 Å². The van der Waals surface area contributed by atoms with Gasteiger partial charge in [-0.3, -0.25) is 52.7 Å². The molecule has 0 unspecified atom stereocenters. The molecular formula is C42H71N13O14. The second kappa shape index (κ2) is 30.8. The average molecular weight is 982 g/mol. The Morgan fingerprint density at radius 1 is 0.652 bits per heavy atom. The lowest BCUT2D eigenvalue weighted by Crippen LogP contribution is -2.56. The first-order valence-electron chi connectivity index (χ1n) is 23.1. The lowest BCUT2D eigenvalue weighted by molar-refractivity contribution is -0.144. The SMILES string of the molecule is CC(C)C[C@H](NC(=O)CNC(=O)[C@H](CCC(N)=O)NC(=O)[C@H](CCC(N)=O)NC(=O)CNC(=O)[C@@H]1C[C@@H](O)CN1)C(=O)NCCCC(=O)NCC(=O)N1CCC[C@H]1C(=O)N[C@@H](CCCCN)C(=O)O. The summed E-state index contributed by atoms with van der Waals surface area (Å²) in [6.07, 6.45) is 0.346. The van der Waals surface area contributed by atoms with E-state index in [-0.39, 0.29) is 83.3 Å². The minimum absolute atomic E-state index is 0.00547. The van der Waals surface area contributed by atoms with E-state index in [9.17, 15) is 67.7 Å². The molecule has 2 fully saturated rings. The number of carboxylic acids is 1. The fourth-order valence-corrected chi connectivity index (χ4v) is 7.38. The number of nitrogens with one attached hydrogen (secondary N) is 9. The van der Waals surface area contributed by atoms with Gasteiger partial charge >= 0.3 is 5.97 Å². The monoisotopic (exact) mass is 982 g/mol. The molecule has 27 nitrogen and oxygen atoms in total. The van der Waals surface area contributed by atoms with Crippen molar-refractivity contribution in [3.63, 3.8) is 0 Å². The van der Waals surface area contributed by atoms with Crippen molar-refractivity contribution in [1.29, 1.82) is 0 Å². The number of hydrogen-bond acceptors (Lipinski definition) is 15. The van der Waals surface area contributed by atoms with Gasteiger partial charge in [0, 0.05) is 38.9 Å². The molecular weight excluding hydrogens is 911 g/mol. The van der Waals surface area contributed by atoms with Crippen LogP contribution in [0.1, 0.15) is 97.3 Å². The van der Waals surface area contributed by atoms with Crippen molar-refractivity contribution < 1.29 is 67.7 Å². The maximum absolute atomic E-state index is 13.4. The van der Waals surface area contributed by atoms with Crippen molar-refractivity contribution in [2.45, 2.75) is 140 Å². The number of carboxylic acid groups (broad SMARTS) is 1. The van der Waals surface area contributed by atoms with Crippen LogP contribution in [0.3, 0.4) is 0 Å². The van der Waals surface area contributed by atoms with Crippen molar-refractivity contribution in [2.75, 3.05) is 45.8 Å². The summed E-state index contributed by atoms with van der Waals surface area (Å²) in [5.74, 6) is -9.25. The van der Waals surface area contributed by atoms with Gasteiger partial charge in [-0.1, -0.05) is 13.8 Å². The lowest BCUT2D eigenvalue weighted by atomic mass is 10.0. The van der Waals surface area contributed by atoms with Gasteiger partial charge in [-0.05, 0) is 76.7 Å². The molecule has 2 aliphatic heterocycles. The van der Waals surface area contributed by atoms with Crippen LogP contribution in [-0.2, 0) is 57.5 Å². The van der Waals surface area contributed by atoms with Crippen LogP contribution in [0.15, 0.2) is 0 Å². The first-order chi connectivity index (χ1) is 32.6. The zero-order valence-corrected chi connectivity index (χ0v) is 39.2. The molecule has 2 rings (SSSR count). The van der Waals surface area contributed by atoms with Gasteiger partial charge in [-0.15, -0.1) is 0 Å². The number of rotatable bonds is 32. The van der Waals surface area contributed by atoms with Crippen LogP contribution in [0.4, 0.5) is 0 Å². The smallest absolute Gasteiger partial charge is 0.326 e. The lowest BCUT2D eigenvalue weighted by Gasteiger charge is -2.25. The van der Waals surface area contributed by atoms with Crippen molar-refractivity contribution in [2.24, 2.45) is 23.1 Å². The molecule has 2 saturated heterocycles. The molecule has 69 heavy (non-hydrogen) atoms. The van der Waals surface area contributed by atoms with Crippen LogP contribution < -0.4 is 65.1 Å². The second-order valence-electron chi connectivity index (χ2n) is 17.3. The van der Waals surface area contributed by atoms with Crippen molar-refractivity contribution in [1.82, 2.24) is 52.8 Å². The van der Waals surface area contributed by atoms with E-state index in [2.05, 4.69) is 47.9 Å². The van der Waals surface area contributed by atoms with Crippen molar-refractivity contribution in [3.05, 3.63) is 0 Å². The van der Waals surface area contributed by atoms with Gasteiger partial charge in [-0.2, -0.15) is 0 Å². The highest BCUT2D eigenvalue weighted by Crippen LogP contribution is 2.18. The molecule has 2 aliphatic rings. The molecule has 11 amide bonds. The maximum Gasteiger partial charge on any atom is 0.326 e. The summed E-state index contributed by atoms with van der Waals surface area (Å²) in [7, 11) is 0. The summed E-state index contributed by atoms with van der Waals surface area (Å²) >= 11 is 0. The molecule has 0 aromatic carbocycles. The Morgan fingerprint density at radius 3 is 1.84 bits per heavy atom. The van der Waals surface area contributed by atoms with E-state index in [1.165, 1.54) is 4.90 Å². The Balaban J connectivity index is 1.90. The molecule has 2 heterocycles. The predicted molar refractivity (Wildman–Crippen MR) is 243 cm³/mol. The molecule has 0 spiro atoms. The average Bonchev–Trinajstić information content (AvgIpc) is 3.97. The molecule has 388 valence electrons. The Morgan fingerprint density at radius 2 is 1.26 bits per heavy atom. The quantitative estimate of drug-likeness (QED) is 0.0279. The molecule has 0 radical (unpaired) electrons. The topological polar surface area (TPSA) is 435 Å². The van der Waals surface area contributed by atoms with E-state index in [1.54, 1.807) is 13.8 Å². The third-order valence-corrected chi connectivity index (χ3v) is 11.0. The second-order valence-corrected chi connectivity index (χ2v) is 17.3. The number of likely N-dealkylation sites (tertiary alicyclic amines) is 1. The summed E-state index contributed by atoms with van der Waals surface area (Å²) in [6.45, 7) is 2.76. The van der Waals surface area contributed by atoms with E-state index in [0.29, 0.717) is 32.2 Å². The molecule has 0 aliphatic carbocycles. The third-order valence-electron chi connectivity index (χ3n) is 11.0. The number of amides is 11. The summed E-state index contributed by atoms with van der Waals surface area (Å²) < 4.78 is 0. The van der Waals surface area contributed by atoms with Crippen LogP contribution in [-0.4, -0.2) is 174 Å². The largest absolute Gasteiger partial charge is 0.480 e. The summed E-state index contributed by atoms with van der Waals surface area (Å²) in [5.41, 5.74) is 16.0. The van der Waals surface area contributed by atoms with Gasteiger partial charge in [0.05, 0.1) is 31.8 Å². The van der Waals surface area contributed by atoms with Crippen molar-refractivity contribution >= 4 is 70.9 Å². The van der Waals surface area contributed by atoms with Gasteiger partial charge in [0.15, 0.2) is 0 Å². The van der Waals surface area contributed by atoms with E-state index in [0.717, 1.165) is 0 Å². The maximum atomic E-state index is 13.4. The fraction of sp³-hybridized carbons (Fsp3) is 0.714. The molecule has 0 aromatic rings. The normalized spacial score (nSPS) is 18.1. The predicted octanol–water partition coefficient (Wildman–Crippen LogP) is -6.32. The minimum atomic E-state index is -1.48. The number of aliphatic hydroxyl groups excluding tert-OH is 1. The third kappa shape index (κ3) is 22.9. The van der Waals surface area contributed by atoms with Gasteiger partial charge in [-0.25, -0.2) is 4.79 Å². The highest BCUT2D eigenvalue weighted by Gasteiger charge is 2.36. The standard InChI is InChI=1S/C42H71N13O14/c1-23(2)17-29(39(65)46-15-5-9-33(59)48-22-36(62)55-16-6-8-30(55)41(67)54-27(42(68)69)7-3-4-14-43)52-35(61)21-49-37(63)25(10-12-31(44)57)53-40(66)26(11-13-32(45)58)51-34(60)20-50-38(64)28-18-24(56)19-47-28/h23-30,47,56H,3-22,43H2,1-2H3,(H2,44,57)(H2,45,58)(H,46,65)(H,48,59)(H,49,63)(H,50,64)(H,51,60)(H,52,61)(H,53,66)(H,54,67)(H,68,69)/t24-,25+,26+,27+,28+,29+,30+/m1/s1. The van der Waals surface area contributed by atoms with Crippen LogP contribution in [0.25, 0.3) is 0 Å². The molecule has 7 atom stereocenters. The van der Waals surface area contributed by atoms with Crippen molar-refractivity contribution in [3.8, 4) is 0 Å². The highest BCUT2D eigenvalue weighted by atomic mass is 16.4. The van der Waals surface area contributed by atoms with E-state index in [4.69, 9.17) is 17.2 Å². The number of primary amides is 2. The Hall–Kier alpha value is -6.48. The van der Waals surface area contributed by atoms with Gasteiger partial charge in [0.2, 0.25) is 65.0 Å². The number of nitrogens with zero attached hydrogens (tertiary/aromatic N) is 1. The fourth-order valence-electron chi connectivity index (χ4n) is 7.38. The van der Waals surface area contributed by atoms with Gasteiger partial charge < -0.3 is 80.2 Å². The van der Waals surface area contributed by atoms with E-state index >= 15 is 0 Å². The molecule has 17 N–H and O–H groups in total. The minimum Gasteiger partial charge on any atom is -0.480 e. The van der Waals surface area contributed by atoms with Gasteiger partial charge in [0.25, 0.3) is 0 Å². The summed E-state index contributed by atoms with van der Waals surface area (Å²) in [6, 6.07) is -6.75. The number of aliphatic carboxylic acids is 1. The van der Waals surface area contributed by atoms with Crippen LogP contribution in [0.2, 0.25) is 0 Å². The number of aliphatic hydroxyl groups is 1. The van der Waals surface area contributed by atoms with Crippen LogP contribution in [0.5, 0.6) is 0 Å². The Kier molecular flexibility index (Phi) is 26.2. The number of carbonyl (C=O) groups is 12. The molecule has 0 saturated carbocycles. The molecule has 0 bridgehead atoms. The van der Waals surface area contributed by atoms with Crippen LogP contribution >= 0.6 is 0 Å². The van der Waals surface area contributed by atoms with Gasteiger partial charge in [0.1, 0.15) is 30.2 Å². The number of β-amino-alcohol motifs (C(OH)–C–C–N with tert-alkyl or cyclic N) is 1. The zero-order chi connectivity index (χ0) is 51.6. The zero-order valence-electron chi connectivity index (χ0n) is 39.2. The molecule has 27 heteroatoms. The summed E-state index contributed by atoms with van der Waals surface area (Å²) in [4.78, 5) is 152. The first kappa shape index (κ1) is 58.6. The summed E-state index contributed by atoms with van der Waals surface area (Å²) in [5, 5.41) is 41.6. The Labute approximate surface area is 399 Å². The molecule has 0 aromatic heterocycles. The number of nitrogens with two attached hydrogens (primary N) is 3. The Bertz CT molecular complexity index is 1840. The highest BCUT2D eigenvalue weighted by molar-refractivity contribution is 5.96. The first-order valence-corrected chi connectivity index (χ1v) is 23.1.